The Labute approximate surface area is 256 Å². The van der Waals surface area contributed by atoms with Crippen LogP contribution in [-0.4, -0.2) is 41.0 Å². The summed E-state index contributed by atoms with van der Waals surface area (Å²) in [6.45, 7) is 3.58. The highest BCUT2D eigenvalue weighted by molar-refractivity contribution is 7.92. The van der Waals surface area contributed by atoms with E-state index in [2.05, 4.69) is 20.3 Å². The first kappa shape index (κ1) is 30.7. The van der Waals surface area contributed by atoms with Gasteiger partial charge in [-0.1, -0.05) is 23.7 Å². The van der Waals surface area contributed by atoms with Crippen LogP contribution in [0.5, 0.6) is 5.75 Å². The van der Waals surface area contributed by atoms with Crippen molar-refractivity contribution in [1.82, 2.24) is 15.0 Å². The molecule has 1 N–H and O–H groups in total. The molecule has 0 amide bonds. The lowest BCUT2D eigenvalue weighted by molar-refractivity contribution is 0.135. The molecule has 0 unspecified atom stereocenters. The summed E-state index contributed by atoms with van der Waals surface area (Å²) in [6, 6.07) is 14.2. The molecule has 2 aromatic heterocycles. The highest BCUT2D eigenvalue weighted by Gasteiger charge is 2.17. The van der Waals surface area contributed by atoms with Crippen molar-refractivity contribution in [2.24, 2.45) is 0 Å². The molecule has 0 saturated heterocycles. The normalized spacial score (nSPS) is 11.8. The molecule has 43 heavy (non-hydrogen) atoms. The Morgan fingerprint density at radius 3 is 2.65 bits per heavy atom. The first-order chi connectivity index (χ1) is 20.6. The average Bonchev–Trinajstić information content (AvgIpc) is 3.43. The van der Waals surface area contributed by atoms with Gasteiger partial charge in [0, 0.05) is 28.1 Å². The lowest BCUT2D eigenvalue weighted by atomic mass is 10.1. The van der Waals surface area contributed by atoms with Crippen LogP contribution < -0.4 is 10.1 Å². The second-order valence-corrected chi connectivity index (χ2v) is 13.9. The predicted octanol–water partition coefficient (Wildman–Crippen LogP) is 7.35. The molecule has 0 aliphatic rings. The fourth-order valence-electron chi connectivity index (χ4n) is 4.06. The van der Waals surface area contributed by atoms with Crippen molar-refractivity contribution in [2.75, 3.05) is 17.7 Å². The summed E-state index contributed by atoms with van der Waals surface area (Å²) < 4.78 is 63.8. The quantitative estimate of drug-likeness (QED) is 0.141. The van der Waals surface area contributed by atoms with Crippen LogP contribution in [0.25, 0.3) is 22.2 Å². The molecule has 0 fully saturated rings. The number of hydrogen-bond donors (Lipinski definition) is 1. The fourth-order valence-corrected chi connectivity index (χ4v) is 5.85. The van der Waals surface area contributed by atoms with Crippen molar-refractivity contribution in [1.29, 1.82) is 0 Å². The third-order valence-electron chi connectivity index (χ3n) is 6.49. The molecular weight excluding hydrogens is 618 g/mol. The van der Waals surface area contributed by atoms with E-state index >= 15 is 4.39 Å². The molecule has 2 heterocycles. The molecule has 5 aromatic rings. The number of anilines is 2. The number of halogens is 3. The summed E-state index contributed by atoms with van der Waals surface area (Å²) in [5, 5.41) is 5.94. The molecule has 0 saturated carbocycles. The number of hydrogen-bond acceptors (Lipinski definition) is 9. The summed E-state index contributed by atoms with van der Waals surface area (Å²) in [7, 11) is -3.20. The van der Waals surface area contributed by atoms with Gasteiger partial charge in [-0.05, 0) is 55.8 Å². The van der Waals surface area contributed by atoms with Crippen molar-refractivity contribution >= 4 is 55.2 Å². The molecule has 13 heteroatoms. The summed E-state index contributed by atoms with van der Waals surface area (Å²) in [6.07, 6.45) is 1.33. The van der Waals surface area contributed by atoms with E-state index in [1.807, 2.05) is 0 Å². The molecule has 0 atom stereocenters. The molecule has 0 aliphatic carbocycles. The van der Waals surface area contributed by atoms with Crippen molar-refractivity contribution in [3.05, 3.63) is 93.5 Å². The Balaban J connectivity index is 1.30. The van der Waals surface area contributed by atoms with E-state index in [0.29, 0.717) is 49.4 Å². The van der Waals surface area contributed by atoms with Gasteiger partial charge in [0.2, 0.25) is 0 Å². The standard InChI is InChI=1S/C30H27ClF2N4O4S2/c1-18(2)43(38,39)9-8-40-15-29-37-27(16-42-29)22-12-23-26(13-25(22)33)34-17-35-30(23)36-21-6-7-28(24(31)11-21)41-14-19-4-3-5-20(32)10-19/h3-7,10-13,16-18H,8-9,14-15H2,1-2H3,(H,34,35,36). The van der Waals surface area contributed by atoms with E-state index in [1.165, 1.54) is 35.9 Å². The minimum Gasteiger partial charge on any atom is -0.487 e. The molecule has 0 aliphatic heterocycles. The lowest BCUT2D eigenvalue weighted by Gasteiger charge is -2.12. The second kappa shape index (κ2) is 13.3. The summed E-state index contributed by atoms with van der Waals surface area (Å²) in [5.41, 5.74) is 2.35. The number of nitrogens with one attached hydrogen (secondary N) is 1. The van der Waals surface area contributed by atoms with E-state index in [-0.39, 0.29) is 37.0 Å². The zero-order chi connectivity index (χ0) is 30.6. The van der Waals surface area contributed by atoms with Crippen LogP contribution in [0.3, 0.4) is 0 Å². The number of rotatable bonds is 12. The van der Waals surface area contributed by atoms with Crippen LogP contribution in [0.15, 0.2) is 66.3 Å². The minimum absolute atomic E-state index is 0.0518. The van der Waals surface area contributed by atoms with Gasteiger partial charge >= 0.3 is 0 Å². The number of thiazole rings is 1. The van der Waals surface area contributed by atoms with Gasteiger partial charge in [0.1, 0.15) is 41.1 Å². The van der Waals surface area contributed by atoms with Gasteiger partial charge < -0.3 is 14.8 Å². The maximum absolute atomic E-state index is 15.1. The lowest BCUT2D eigenvalue weighted by Crippen LogP contribution is -2.20. The topological polar surface area (TPSA) is 103 Å². The first-order valence-corrected chi connectivity index (χ1v) is 16.2. The predicted molar refractivity (Wildman–Crippen MR) is 165 cm³/mol. The number of benzene rings is 3. The molecule has 224 valence electrons. The van der Waals surface area contributed by atoms with Gasteiger partial charge in [-0.3, -0.25) is 0 Å². The van der Waals surface area contributed by atoms with Crippen LogP contribution in [-0.2, 0) is 27.8 Å². The second-order valence-electron chi connectivity index (χ2n) is 9.86. The van der Waals surface area contributed by atoms with E-state index in [9.17, 15) is 12.8 Å². The van der Waals surface area contributed by atoms with Crippen LogP contribution in [0.4, 0.5) is 20.3 Å². The summed E-state index contributed by atoms with van der Waals surface area (Å²) >= 11 is 7.74. The van der Waals surface area contributed by atoms with Crippen LogP contribution >= 0.6 is 22.9 Å². The summed E-state index contributed by atoms with van der Waals surface area (Å²) in [4.78, 5) is 13.0. The maximum atomic E-state index is 15.1. The molecule has 5 rings (SSSR count). The number of fused-ring (bicyclic) bond motifs is 1. The van der Waals surface area contributed by atoms with E-state index in [0.717, 1.165) is 0 Å². The van der Waals surface area contributed by atoms with Crippen molar-refractivity contribution in [3.8, 4) is 17.0 Å². The fraction of sp³-hybridized carbons (Fsp3) is 0.233. The monoisotopic (exact) mass is 644 g/mol. The summed E-state index contributed by atoms with van der Waals surface area (Å²) in [5.74, 6) is -0.0588. The zero-order valence-electron chi connectivity index (χ0n) is 23.2. The van der Waals surface area contributed by atoms with E-state index in [1.54, 1.807) is 55.6 Å². The number of ether oxygens (including phenoxy) is 2. The zero-order valence-corrected chi connectivity index (χ0v) is 25.6. The third kappa shape index (κ3) is 7.63. The Morgan fingerprint density at radius 1 is 1.05 bits per heavy atom. The Hall–Kier alpha value is -3.71. The van der Waals surface area contributed by atoms with Gasteiger partial charge in [0.05, 0.1) is 40.4 Å². The number of sulfone groups is 1. The van der Waals surface area contributed by atoms with Gasteiger partial charge in [-0.2, -0.15) is 0 Å². The SMILES string of the molecule is CC(C)S(=O)(=O)CCOCc1nc(-c2cc3c(Nc4ccc(OCc5cccc(F)c5)c(Cl)c4)ncnc3cc2F)cs1. The van der Waals surface area contributed by atoms with Crippen LogP contribution in [0, 0.1) is 11.6 Å². The molecular formula is C30H27ClF2N4O4S2. The smallest absolute Gasteiger partial charge is 0.154 e. The van der Waals surface area contributed by atoms with Gasteiger partial charge in [-0.25, -0.2) is 32.2 Å². The Morgan fingerprint density at radius 2 is 1.88 bits per heavy atom. The van der Waals surface area contributed by atoms with Gasteiger partial charge in [0.15, 0.2) is 9.84 Å². The number of aromatic nitrogens is 3. The van der Waals surface area contributed by atoms with E-state index in [4.69, 9.17) is 21.1 Å². The van der Waals surface area contributed by atoms with Gasteiger partial charge in [-0.15, -0.1) is 11.3 Å². The van der Waals surface area contributed by atoms with Crippen LogP contribution in [0.2, 0.25) is 5.02 Å². The van der Waals surface area contributed by atoms with Gasteiger partial charge in [0.25, 0.3) is 0 Å². The first-order valence-electron chi connectivity index (χ1n) is 13.2. The minimum atomic E-state index is -3.20. The molecule has 8 nitrogen and oxygen atoms in total. The van der Waals surface area contributed by atoms with Crippen molar-refractivity contribution in [2.45, 2.75) is 32.3 Å². The van der Waals surface area contributed by atoms with Crippen molar-refractivity contribution < 1.29 is 26.7 Å². The largest absolute Gasteiger partial charge is 0.487 e. The Bertz CT molecular complexity index is 1870. The van der Waals surface area contributed by atoms with Crippen molar-refractivity contribution in [3.63, 3.8) is 0 Å². The molecule has 0 spiro atoms. The number of nitrogens with zero attached hydrogens (tertiary/aromatic N) is 3. The molecule has 3 aromatic carbocycles. The third-order valence-corrected chi connectivity index (χ3v) is 9.78. The highest BCUT2D eigenvalue weighted by Crippen LogP contribution is 2.34. The highest BCUT2D eigenvalue weighted by atomic mass is 35.5. The Kier molecular flexibility index (Phi) is 9.50. The molecule has 0 radical (unpaired) electrons. The molecule has 0 bridgehead atoms. The van der Waals surface area contributed by atoms with Crippen LogP contribution in [0.1, 0.15) is 24.4 Å². The average molecular weight is 645 g/mol. The maximum Gasteiger partial charge on any atom is 0.154 e. The van der Waals surface area contributed by atoms with E-state index < -0.39 is 20.9 Å².